The molecule has 4 heteroatoms. The summed E-state index contributed by atoms with van der Waals surface area (Å²) in [7, 11) is 1.76. The maximum absolute atomic E-state index is 10.8. The van der Waals surface area contributed by atoms with Crippen molar-refractivity contribution in [3.8, 4) is 0 Å². The Morgan fingerprint density at radius 1 is 1.67 bits per heavy atom. The molecule has 0 unspecified atom stereocenters. The summed E-state index contributed by atoms with van der Waals surface area (Å²) in [5.74, 6) is 0.105. The molecular weight excluding hydrogens is 176 g/mol. The smallest absolute Gasteiger partial charge is 0.134 e. The molecule has 1 aromatic rings. The Hall–Kier alpha value is -0.830. The lowest BCUT2D eigenvalue weighted by molar-refractivity contribution is -0.116. The van der Waals surface area contributed by atoms with E-state index in [0.29, 0.717) is 11.6 Å². The fraction of sp³-hybridized carbons (Fsp3) is 0.500. The first-order chi connectivity index (χ1) is 5.52. The van der Waals surface area contributed by atoms with Crippen molar-refractivity contribution in [3.05, 3.63) is 16.4 Å². The van der Waals surface area contributed by atoms with Gasteiger partial charge in [0, 0.05) is 19.0 Å². The Kier molecular flexibility index (Phi) is 2.52. The lowest BCUT2D eigenvalue weighted by Crippen LogP contribution is -1.97. The minimum atomic E-state index is 0.105. The van der Waals surface area contributed by atoms with Gasteiger partial charge < -0.3 is 0 Å². The number of nitrogens with zero attached hydrogens (tertiary/aromatic N) is 2. The predicted molar refractivity (Wildman–Crippen MR) is 47.3 cm³/mol. The molecule has 0 aromatic carbocycles. The van der Waals surface area contributed by atoms with E-state index in [4.69, 9.17) is 11.6 Å². The number of aromatic nitrogens is 2. The summed E-state index contributed by atoms with van der Waals surface area (Å²) in [4.78, 5) is 10.8. The molecule has 0 spiro atoms. The quantitative estimate of drug-likeness (QED) is 0.702. The maximum atomic E-state index is 10.8. The summed E-state index contributed by atoms with van der Waals surface area (Å²) in [6, 6.07) is 0. The second kappa shape index (κ2) is 3.27. The Balaban J connectivity index is 3.05. The first-order valence-electron chi connectivity index (χ1n) is 3.69. The lowest BCUT2D eigenvalue weighted by atomic mass is 10.1. The van der Waals surface area contributed by atoms with Crippen LogP contribution in [0.25, 0.3) is 0 Å². The van der Waals surface area contributed by atoms with E-state index < -0.39 is 0 Å². The van der Waals surface area contributed by atoms with Gasteiger partial charge >= 0.3 is 0 Å². The van der Waals surface area contributed by atoms with Gasteiger partial charge in [-0.15, -0.1) is 0 Å². The highest BCUT2D eigenvalue weighted by Crippen LogP contribution is 2.18. The minimum Gasteiger partial charge on any atom is -0.300 e. The van der Waals surface area contributed by atoms with Gasteiger partial charge in [-0.05, 0) is 13.8 Å². The van der Waals surface area contributed by atoms with Crippen LogP contribution in [0.15, 0.2) is 0 Å². The second-order valence-electron chi connectivity index (χ2n) is 2.86. The van der Waals surface area contributed by atoms with Crippen molar-refractivity contribution < 1.29 is 4.79 Å². The SMILES string of the molecule is CC(=O)Cc1c(C)nn(C)c1Cl. The topological polar surface area (TPSA) is 34.9 Å². The fourth-order valence-electron chi connectivity index (χ4n) is 1.12. The maximum Gasteiger partial charge on any atom is 0.134 e. The van der Waals surface area contributed by atoms with Crippen molar-refractivity contribution in [2.24, 2.45) is 7.05 Å². The van der Waals surface area contributed by atoms with Crippen molar-refractivity contribution in [3.63, 3.8) is 0 Å². The highest BCUT2D eigenvalue weighted by Gasteiger charge is 2.11. The van der Waals surface area contributed by atoms with E-state index in [1.807, 2.05) is 6.92 Å². The normalized spacial score (nSPS) is 10.3. The summed E-state index contributed by atoms with van der Waals surface area (Å²) < 4.78 is 1.58. The van der Waals surface area contributed by atoms with Crippen molar-refractivity contribution in [2.75, 3.05) is 0 Å². The summed E-state index contributed by atoms with van der Waals surface area (Å²) in [5.41, 5.74) is 1.67. The van der Waals surface area contributed by atoms with Crippen LogP contribution in [0.5, 0.6) is 0 Å². The number of carbonyl (C=O) groups is 1. The average Bonchev–Trinajstić information content (AvgIpc) is 2.16. The van der Waals surface area contributed by atoms with Crippen LogP contribution in [0.1, 0.15) is 18.2 Å². The molecule has 0 atom stereocenters. The number of halogens is 1. The summed E-state index contributed by atoms with van der Waals surface area (Å²) in [6.07, 6.45) is 0.374. The average molecular weight is 187 g/mol. The van der Waals surface area contributed by atoms with Crippen LogP contribution in [-0.2, 0) is 18.3 Å². The number of Topliss-reactive ketones (excluding diaryl/α,β-unsaturated/α-hetero) is 1. The summed E-state index contributed by atoms with van der Waals surface area (Å²) in [6.45, 7) is 3.40. The molecule has 0 radical (unpaired) electrons. The van der Waals surface area contributed by atoms with Crippen LogP contribution < -0.4 is 0 Å². The molecule has 12 heavy (non-hydrogen) atoms. The number of rotatable bonds is 2. The molecule has 0 fully saturated rings. The number of aryl methyl sites for hydroxylation is 2. The highest BCUT2D eigenvalue weighted by atomic mass is 35.5. The summed E-state index contributed by atoms with van der Waals surface area (Å²) >= 11 is 5.91. The Morgan fingerprint density at radius 3 is 2.58 bits per heavy atom. The van der Waals surface area contributed by atoms with Gasteiger partial charge in [0.1, 0.15) is 10.9 Å². The lowest BCUT2D eigenvalue weighted by Gasteiger charge is -1.95. The van der Waals surface area contributed by atoms with Gasteiger partial charge in [0.05, 0.1) is 5.69 Å². The van der Waals surface area contributed by atoms with Gasteiger partial charge in [-0.25, -0.2) is 0 Å². The van der Waals surface area contributed by atoms with E-state index >= 15 is 0 Å². The third kappa shape index (κ3) is 1.67. The van der Waals surface area contributed by atoms with Crippen molar-refractivity contribution in [1.82, 2.24) is 9.78 Å². The van der Waals surface area contributed by atoms with Crippen LogP contribution >= 0.6 is 11.6 Å². The van der Waals surface area contributed by atoms with E-state index in [0.717, 1.165) is 11.3 Å². The van der Waals surface area contributed by atoms with Crippen LogP contribution in [0.4, 0.5) is 0 Å². The van der Waals surface area contributed by atoms with Crippen molar-refractivity contribution >= 4 is 17.4 Å². The van der Waals surface area contributed by atoms with Crippen LogP contribution in [0, 0.1) is 6.92 Å². The van der Waals surface area contributed by atoms with Gasteiger partial charge in [-0.2, -0.15) is 5.10 Å². The Morgan fingerprint density at radius 2 is 2.25 bits per heavy atom. The van der Waals surface area contributed by atoms with Crippen molar-refractivity contribution in [1.29, 1.82) is 0 Å². The number of carbonyl (C=O) groups excluding carboxylic acids is 1. The number of ketones is 1. The third-order valence-corrected chi connectivity index (χ3v) is 2.17. The third-order valence-electron chi connectivity index (χ3n) is 1.70. The molecule has 0 saturated carbocycles. The van der Waals surface area contributed by atoms with Crippen LogP contribution in [-0.4, -0.2) is 15.6 Å². The van der Waals surface area contributed by atoms with E-state index in [1.54, 1.807) is 18.7 Å². The Labute approximate surface area is 76.3 Å². The standard InChI is InChI=1S/C8H11ClN2O/c1-5(12)4-7-6(2)10-11(3)8(7)9/h4H2,1-3H3. The zero-order valence-corrected chi connectivity index (χ0v) is 8.14. The molecule has 0 bridgehead atoms. The predicted octanol–water partition coefficient (Wildman–Crippen LogP) is 1.51. The van der Waals surface area contributed by atoms with Crippen molar-refractivity contribution in [2.45, 2.75) is 20.3 Å². The monoisotopic (exact) mass is 186 g/mol. The molecule has 0 amide bonds. The molecule has 66 valence electrons. The number of hydrogen-bond donors (Lipinski definition) is 0. The summed E-state index contributed by atoms with van der Waals surface area (Å²) in [5, 5.41) is 4.65. The first-order valence-corrected chi connectivity index (χ1v) is 4.07. The zero-order valence-electron chi connectivity index (χ0n) is 7.39. The van der Waals surface area contributed by atoms with Gasteiger partial charge in [-0.1, -0.05) is 11.6 Å². The molecule has 0 N–H and O–H groups in total. The molecule has 0 aliphatic rings. The van der Waals surface area contributed by atoms with Gasteiger partial charge in [0.2, 0.25) is 0 Å². The largest absolute Gasteiger partial charge is 0.300 e. The van der Waals surface area contributed by atoms with E-state index in [2.05, 4.69) is 5.10 Å². The fourth-order valence-corrected chi connectivity index (χ4v) is 1.37. The van der Waals surface area contributed by atoms with Gasteiger partial charge in [-0.3, -0.25) is 9.48 Å². The molecule has 0 saturated heterocycles. The second-order valence-corrected chi connectivity index (χ2v) is 3.22. The van der Waals surface area contributed by atoms with Crippen LogP contribution in [0.3, 0.4) is 0 Å². The van der Waals surface area contributed by atoms with E-state index in [9.17, 15) is 4.79 Å². The van der Waals surface area contributed by atoms with Gasteiger partial charge in [0.25, 0.3) is 0 Å². The minimum absolute atomic E-state index is 0.105. The highest BCUT2D eigenvalue weighted by molar-refractivity contribution is 6.30. The van der Waals surface area contributed by atoms with Gasteiger partial charge in [0.15, 0.2) is 0 Å². The molecule has 1 rings (SSSR count). The molecule has 3 nitrogen and oxygen atoms in total. The van der Waals surface area contributed by atoms with E-state index in [-0.39, 0.29) is 5.78 Å². The zero-order chi connectivity index (χ0) is 9.30. The molecular formula is C8H11ClN2O. The van der Waals surface area contributed by atoms with Crippen LogP contribution in [0.2, 0.25) is 5.15 Å². The van der Waals surface area contributed by atoms with E-state index in [1.165, 1.54) is 0 Å². The molecule has 1 aromatic heterocycles. The molecule has 1 heterocycles. The molecule has 0 aliphatic carbocycles. The first kappa shape index (κ1) is 9.26. The molecule has 0 aliphatic heterocycles. The number of hydrogen-bond acceptors (Lipinski definition) is 2. The Bertz CT molecular complexity index is 317.